The lowest BCUT2D eigenvalue weighted by molar-refractivity contribution is 0.690. The highest BCUT2D eigenvalue weighted by atomic mass is 15.5. The van der Waals surface area contributed by atoms with Gasteiger partial charge in [0.2, 0.25) is 5.82 Å². The van der Waals surface area contributed by atoms with Crippen LogP contribution in [0.25, 0.3) is 56.1 Å². The van der Waals surface area contributed by atoms with Crippen molar-refractivity contribution in [2.45, 2.75) is 32.7 Å². The number of tetrazole rings is 1. The minimum atomic E-state index is 0.566. The van der Waals surface area contributed by atoms with Crippen molar-refractivity contribution in [2.24, 2.45) is 0 Å². The molecule has 210 valence electrons. The Hall–Kier alpha value is -5.50. The standard InChI is InChI=1S/C35H30N8/c1-2-3-22-30-36-33-31(24-14-6-4-7-15-24)37-38-32(25-16-8-5-9-17-25)34(33)43(30)23-26-18-10-11-19-27(26)28-20-12-13-21-29(28)35-39-41-42-40-35/h4-21H,2-3,22-23H2,1H3,(H,39,40,41,42). The Morgan fingerprint density at radius 1 is 0.651 bits per heavy atom. The maximum absolute atomic E-state index is 5.30. The molecular weight excluding hydrogens is 532 g/mol. The Labute approximate surface area is 249 Å². The van der Waals surface area contributed by atoms with Gasteiger partial charge in [-0.1, -0.05) is 123 Å². The highest BCUT2D eigenvalue weighted by molar-refractivity contribution is 5.97. The zero-order valence-corrected chi connectivity index (χ0v) is 23.9. The van der Waals surface area contributed by atoms with Crippen LogP contribution in [0.15, 0.2) is 109 Å². The number of unbranched alkanes of at least 4 members (excludes halogenated alkanes) is 1. The van der Waals surface area contributed by atoms with Crippen LogP contribution in [0.4, 0.5) is 0 Å². The third kappa shape index (κ3) is 5.08. The summed E-state index contributed by atoms with van der Waals surface area (Å²) in [6, 6.07) is 37.2. The molecule has 0 unspecified atom stereocenters. The van der Waals surface area contributed by atoms with Gasteiger partial charge in [0.15, 0.2) is 0 Å². The molecule has 7 aromatic rings. The van der Waals surface area contributed by atoms with Crippen molar-refractivity contribution in [3.63, 3.8) is 0 Å². The zero-order chi connectivity index (χ0) is 29.0. The lowest BCUT2D eigenvalue weighted by atomic mass is 9.95. The Balaban J connectivity index is 1.46. The molecule has 0 saturated carbocycles. The molecule has 0 saturated heterocycles. The number of hydrogen-bond donors (Lipinski definition) is 1. The maximum Gasteiger partial charge on any atom is 0.205 e. The van der Waals surface area contributed by atoms with Gasteiger partial charge in [-0.15, -0.1) is 20.4 Å². The summed E-state index contributed by atoms with van der Waals surface area (Å²) in [6.45, 7) is 2.83. The minimum Gasteiger partial charge on any atom is -0.322 e. The molecule has 8 nitrogen and oxygen atoms in total. The van der Waals surface area contributed by atoms with Gasteiger partial charge in [0, 0.05) is 23.1 Å². The quantitative estimate of drug-likeness (QED) is 0.197. The van der Waals surface area contributed by atoms with E-state index < -0.39 is 0 Å². The van der Waals surface area contributed by atoms with Crippen LogP contribution < -0.4 is 0 Å². The van der Waals surface area contributed by atoms with Gasteiger partial charge in [-0.2, -0.15) is 5.21 Å². The summed E-state index contributed by atoms with van der Waals surface area (Å²) in [7, 11) is 0. The summed E-state index contributed by atoms with van der Waals surface area (Å²) in [4.78, 5) is 5.30. The summed E-state index contributed by atoms with van der Waals surface area (Å²) in [5.74, 6) is 1.60. The van der Waals surface area contributed by atoms with Gasteiger partial charge in [-0.25, -0.2) is 4.98 Å². The number of rotatable bonds is 9. The molecule has 7 rings (SSSR count). The highest BCUT2D eigenvalue weighted by Gasteiger charge is 2.23. The largest absolute Gasteiger partial charge is 0.322 e. The van der Waals surface area contributed by atoms with Crippen molar-refractivity contribution >= 4 is 11.0 Å². The molecule has 0 spiro atoms. The molecule has 0 aliphatic carbocycles. The van der Waals surface area contributed by atoms with E-state index in [4.69, 9.17) is 15.2 Å². The molecule has 0 aliphatic rings. The van der Waals surface area contributed by atoms with Crippen LogP contribution in [0, 0.1) is 0 Å². The average Bonchev–Trinajstić information content (AvgIpc) is 3.74. The number of nitrogens with zero attached hydrogens (tertiary/aromatic N) is 7. The van der Waals surface area contributed by atoms with E-state index in [9.17, 15) is 0 Å². The first-order valence-corrected chi connectivity index (χ1v) is 14.6. The number of fused-ring (bicyclic) bond motifs is 1. The fourth-order valence-corrected chi connectivity index (χ4v) is 5.66. The van der Waals surface area contributed by atoms with Gasteiger partial charge in [-0.05, 0) is 28.3 Å². The fraction of sp³-hybridized carbons (Fsp3) is 0.143. The van der Waals surface area contributed by atoms with Crippen molar-refractivity contribution < 1.29 is 0 Å². The van der Waals surface area contributed by atoms with E-state index >= 15 is 0 Å². The molecule has 0 atom stereocenters. The summed E-state index contributed by atoms with van der Waals surface area (Å²) in [6.07, 6.45) is 2.97. The summed E-state index contributed by atoms with van der Waals surface area (Å²) < 4.78 is 2.35. The molecule has 4 aromatic carbocycles. The Morgan fingerprint density at radius 2 is 1.28 bits per heavy atom. The van der Waals surface area contributed by atoms with Crippen molar-refractivity contribution in [3.8, 4) is 45.0 Å². The van der Waals surface area contributed by atoms with E-state index in [1.165, 1.54) is 0 Å². The predicted octanol–water partition coefficient (Wildman–Crippen LogP) is 7.40. The highest BCUT2D eigenvalue weighted by Crippen LogP contribution is 2.36. The van der Waals surface area contributed by atoms with Gasteiger partial charge in [-0.3, -0.25) is 0 Å². The Morgan fingerprint density at radius 3 is 1.98 bits per heavy atom. The lowest BCUT2D eigenvalue weighted by Gasteiger charge is -2.16. The molecule has 1 N–H and O–H groups in total. The maximum atomic E-state index is 5.30. The van der Waals surface area contributed by atoms with Gasteiger partial charge in [0.1, 0.15) is 22.7 Å². The molecule has 0 radical (unpaired) electrons. The third-order valence-corrected chi connectivity index (χ3v) is 7.74. The van der Waals surface area contributed by atoms with Crippen LogP contribution in [-0.4, -0.2) is 40.4 Å². The molecule has 3 aromatic heterocycles. The second-order valence-electron chi connectivity index (χ2n) is 10.5. The second kappa shape index (κ2) is 11.8. The van der Waals surface area contributed by atoms with Gasteiger partial charge < -0.3 is 4.57 Å². The van der Waals surface area contributed by atoms with Crippen molar-refractivity contribution in [1.29, 1.82) is 0 Å². The zero-order valence-electron chi connectivity index (χ0n) is 23.9. The number of aromatic nitrogens is 8. The first-order valence-electron chi connectivity index (χ1n) is 14.6. The predicted molar refractivity (Wildman–Crippen MR) is 169 cm³/mol. The van der Waals surface area contributed by atoms with E-state index in [1.54, 1.807) is 0 Å². The molecule has 0 amide bonds. The number of aryl methyl sites for hydroxylation is 1. The number of hydrogen-bond acceptors (Lipinski definition) is 6. The number of aromatic amines is 1. The number of H-pyrrole nitrogens is 1. The van der Waals surface area contributed by atoms with E-state index in [2.05, 4.69) is 86.7 Å². The van der Waals surface area contributed by atoms with Gasteiger partial charge in [0.05, 0.1) is 12.1 Å². The van der Waals surface area contributed by atoms with Gasteiger partial charge in [0.25, 0.3) is 0 Å². The first kappa shape index (κ1) is 26.4. The number of benzene rings is 4. The monoisotopic (exact) mass is 562 g/mol. The van der Waals surface area contributed by atoms with E-state index in [-0.39, 0.29) is 0 Å². The van der Waals surface area contributed by atoms with Crippen LogP contribution in [-0.2, 0) is 13.0 Å². The lowest BCUT2D eigenvalue weighted by Crippen LogP contribution is -2.08. The molecule has 8 heteroatoms. The smallest absolute Gasteiger partial charge is 0.205 e. The Kier molecular flexibility index (Phi) is 7.23. The number of imidazole rings is 1. The molecule has 0 fully saturated rings. The van der Waals surface area contributed by atoms with Crippen LogP contribution in [0.3, 0.4) is 0 Å². The molecule has 0 aliphatic heterocycles. The van der Waals surface area contributed by atoms with Crippen LogP contribution in [0.1, 0.15) is 31.2 Å². The first-order chi connectivity index (χ1) is 21.3. The van der Waals surface area contributed by atoms with Gasteiger partial charge >= 0.3 is 0 Å². The summed E-state index contributed by atoms with van der Waals surface area (Å²) in [5, 5.41) is 24.5. The molecular formula is C35H30N8. The molecule has 3 heterocycles. The van der Waals surface area contributed by atoms with E-state index in [1.807, 2.05) is 54.6 Å². The summed E-state index contributed by atoms with van der Waals surface area (Å²) in [5.41, 5.74) is 9.74. The molecule has 43 heavy (non-hydrogen) atoms. The van der Waals surface area contributed by atoms with Crippen molar-refractivity contribution in [3.05, 3.63) is 121 Å². The van der Waals surface area contributed by atoms with Crippen LogP contribution >= 0.6 is 0 Å². The normalized spacial score (nSPS) is 11.3. The van der Waals surface area contributed by atoms with E-state index in [0.717, 1.165) is 80.9 Å². The SMILES string of the molecule is CCCCc1nc2c(-c3ccccc3)nnc(-c3ccccc3)c2n1Cc1ccccc1-c1ccccc1-c1nn[nH]n1. The topological polar surface area (TPSA) is 98.1 Å². The molecule has 0 bridgehead atoms. The van der Waals surface area contributed by atoms with Crippen molar-refractivity contribution in [2.75, 3.05) is 0 Å². The minimum absolute atomic E-state index is 0.566. The van der Waals surface area contributed by atoms with E-state index in [0.29, 0.717) is 12.4 Å². The second-order valence-corrected chi connectivity index (χ2v) is 10.5. The summed E-state index contributed by atoms with van der Waals surface area (Å²) >= 11 is 0. The van der Waals surface area contributed by atoms with Crippen LogP contribution in [0.5, 0.6) is 0 Å². The Bertz CT molecular complexity index is 1980. The van der Waals surface area contributed by atoms with Crippen molar-refractivity contribution in [1.82, 2.24) is 40.4 Å². The third-order valence-electron chi connectivity index (χ3n) is 7.74. The van der Waals surface area contributed by atoms with Crippen LogP contribution in [0.2, 0.25) is 0 Å². The fourth-order valence-electron chi connectivity index (χ4n) is 5.66. The number of nitrogens with one attached hydrogen (secondary N) is 1. The average molecular weight is 563 g/mol.